The van der Waals surface area contributed by atoms with Crippen LogP contribution in [0.25, 0.3) is 0 Å². The first kappa shape index (κ1) is 17.0. The van der Waals surface area contributed by atoms with Crippen molar-refractivity contribution in [2.24, 2.45) is 0 Å². The lowest BCUT2D eigenvalue weighted by molar-refractivity contribution is -0.137. The van der Waals surface area contributed by atoms with E-state index < -0.39 is 55.5 Å². The van der Waals surface area contributed by atoms with E-state index in [0.29, 0.717) is 0 Å². The molecular weight excluding hydrogens is 303 g/mol. The van der Waals surface area contributed by atoms with Gasteiger partial charge in [-0.1, -0.05) is 6.07 Å². The van der Waals surface area contributed by atoms with Gasteiger partial charge in [0.25, 0.3) is 0 Å². The van der Waals surface area contributed by atoms with Gasteiger partial charge in [0.05, 0.1) is 18.5 Å². The van der Waals surface area contributed by atoms with Crippen LogP contribution in [0.3, 0.4) is 0 Å². The molecular formula is C12H15O8P. The van der Waals surface area contributed by atoms with Gasteiger partial charge in [0.15, 0.2) is 11.5 Å². The van der Waals surface area contributed by atoms with Gasteiger partial charge in [-0.2, -0.15) is 0 Å². The van der Waals surface area contributed by atoms with E-state index in [2.05, 4.69) is 0 Å². The van der Waals surface area contributed by atoms with E-state index in [1.807, 2.05) is 0 Å². The van der Waals surface area contributed by atoms with Crippen molar-refractivity contribution in [2.45, 2.75) is 18.5 Å². The first-order chi connectivity index (χ1) is 9.63. The summed E-state index contributed by atoms with van der Waals surface area (Å²) in [6.07, 6.45) is -1.85. The minimum atomic E-state index is -4.12. The van der Waals surface area contributed by atoms with Crippen molar-refractivity contribution >= 4 is 19.3 Å². The summed E-state index contributed by atoms with van der Waals surface area (Å²) >= 11 is 0. The van der Waals surface area contributed by atoms with Crippen molar-refractivity contribution < 1.29 is 39.5 Å². The summed E-state index contributed by atoms with van der Waals surface area (Å²) in [6, 6.07) is 3.27. The second kappa shape index (κ2) is 6.60. The molecule has 116 valence electrons. The molecule has 0 aromatic heterocycles. The van der Waals surface area contributed by atoms with Gasteiger partial charge in [-0.05, 0) is 17.7 Å². The Balaban J connectivity index is 3.15. The van der Waals surface area contributed by atoms with Gasteiger partial charge >= 0.3 is 11.9 Å². The summed E-state index contributed by atoms with van der Waals surface area (Å²) in [5, 5.41) is 36.0. The number of carboxylic acid groups (broad SMARTS) is 2. The lowest BCUT2D eigenvalue weighted by Crippen LogP contribution is -2.11. The fourth-order valence-corrected chi connectivity index (χ4v) is 3.71. The maximum atomic E-state index is 12.2. The number of rotatable bonds is 7. The predicted molar refractivity (Wildman–Crippen MR) is 71.7 cm³/mol. The van der Waals surface area contributed by atoms with E-state index in [0.717, 1.165) is 12.1 Å². The van der Waals surface area contributed by atoms with E-state index in [9.17, 15) is 29.3 Å². The van der Waals surface area contributed by atoms with Gasteiger partial charge in [-0.25, -0.2) is 0 Å². The van der Waals surface area contributed by atoms with Gasteiger partial charge in [-0.15, -0.1) is 0 Å². The molecule has 0 fully saturated rings. The first-order valence-electron chi connectivity index (χ1n) is 5.90. The zero-order chi connectivity index (χ0) is 16.2. The number of hydrogen-bond acceptors (Lipinski definition) is 5. The van der Waals surface area contributed by atoms with Gasteiger partial charge in [0, 0.05) is 6.16 Å². The van der Waals surface area contributed by atoms with Crippen molar-refractivity contribution in [3.05, 3.63) is 23.8 Å². The molecule has 0 aliphatic heterocycles. The third-order valence-electron chi connectivity index (χ3n) is 2.89. The summed E-state index contributed by atoms with van der Waals surface area (Å²) in [6.45, 7) is 0. The minimum Gasteiger partial charge on any atom is -0.504 e. The van der Waals surface area contributed by atoms with Crippen LogP contribution in [-0.4, -0.2) is 43.4 Å². The van der Waals surface area contributed by atoms with Crippen LogP contribution in [0.4, 0.5) is 0 Å². The average Bonchev–Trinajstić information content (AvgIpc) is 2.37. The molecule has 0 amide bonds. The fourth-order valence-electron chi connectivity index (χ4n) is 1.82. The van der Waals surface area contributed by atoms with Crippen LogP contribution in [-0.2, 0) is 14.2 Å². The van der Waals surface area contributed by atoms with Crippen LogP contribution >= 0.6 is 7.37 Å². The molecule has 0 aliphatic carbocycles. The zero-order valence-electron chi connectivity index (χ0n) is 10.8. The van der Waals surface area contributed by atoms with Crippen LogP contribution in [0, 0.1) is 0 Å². The Kier molecular flexibility index (Phi) is 5.34. The summed E-state index contributed by atoms with van der Waals surface area (Å²) < 4.78 is 12.2. The van der Waals surface area contributed by atoms with Gasteiger partial charge in [0.2, 0.25) is 7.37 Å². The maximum Gasteiger partial charge on any atom is 0.304 e. The van der Waals surface area contributed by atoms with Crippen LogP contribution in [0.15, 0.2) is 18.2 Å². The maximum absolute atomic E-state index is 12.2. The quantitative estimate of drug-likeness (QED) is 0.373. The Morgan fingerprint density at radius 1 is 1.10 bits per heavy atom. The number of phenols is 2. The molecule has 8 nitrogen and oxygen atoms in total. The molecule has 9 heteroatoms. The Morgan fingerprint density at radius 3 is 2.19 bits per heavy atom. The van der Waals surface area contributed by atoms with Gasteiger partial charge < -0.3 is 25.3 Å². The van der Waals surface area contributed by atoms with Crippen molar-refractivity contribution in [1.29, 1.82) is 0 Å². The van der Waals surface area contributed by atoms with Crippen LogP contribution < -0.4 is 0 Å². The summed E-state index contributed by atoms with van der Waals surface area (Å²) in [5.74, 6) is -3.61. The zero-order valence-corrected chi connectivity index (χ0v) is 11.7. The van der Waals surface area contributed by atoms with Crippen LogP contribution in [0.5, 0.6) is 11.5 Å². The normalized spacial score (nSPS) is 15.1. The molecule has 0 bridgehead atoms. The topological polar surface area (TPSA) is 152 Å². The average molecular weight is 318 g/mol. The second-order valence-electron chi connectivity index (χ2n) is 4.48. The highest BCUT2D eigenvalue weighted by Crippen LogP contribution is 2.58. The highest BCUT2D eigenvalue weighted by molar-refractivity contribution is 7.58. The van der Waals surface area contributed by atoms with E-state index >= 15 is 0 Å². The largest absolute Gasteiger partial charge is 0.504 e. The standard InChI is InChI=1S/C12H15O8P/c13-8-2-1-7(5-9(8)14)10(6-12(17)18)21(19,20)4-3-11(15)16/h1-2,5,10,13-14H,3-4,6H2,(H,15,16)(H,17,18)(H,19,20). The van der Waals surface area contributed by atoms with E-state index in [-0.39, 0.29) is 5.56 Å². The third kappa shape index (κ3) is 4.77. The Bertz CT molecular complexity index is 597. The Hall–Kier alpha value is -2.05. The number of carbonyl (C=O) groups is 2. The number of hydrogen-bond donors (Lipinski definition) is 5. The van der Waals surface area contributed by atoms with Crippen molar-refractivity contribution in [3.8, 4) is 11.5 Å². The Morgan fingerprint density at radius 2 is 1.71 bits per heavy atom. The Labute approximate surface area is 119 Å². The predicted octanol–water partition coefficient (Wildman–Crippen LogP) is 1.36. The lowest BCUT2D eigenvalue weighted by Gasteiger charge is -2.22. The summed E-state index contributed by atoms with van der Waals surface area (Å²) in [7, 11) is -4.12. The second-order valence-corrected chi connectivity index (χ2v) is 7.07. The number of carboxylic acids is 2. The SMILES string of the molecule is O=C(O)CCP(=O)(O)C(CC(=O)O)c1ccc(O)c(O)c1. The van der Waals surface area contributed by atoms with Gasteiger partial charge in [0.1, 0.15) is 0 Å². The molecule has 2 atom stereocenters. The van der Waals surface area contributed by atoms with Gasteiger partial charge in [-0.3, -0.25) is 14.2 Å². The van der Waals surface area contributed by atoms with Crippen LogP contribution in [0.2, 0.25) is 0 Å². The fraction of sp³-hybridized carbons (Fsp3) is 0.333. The molecule has 1 aromatic rings. The number of benzene rings is 1. The van der Waals surface area contributed by atoms with Crippen molar-refractivity contribution in [3.63, 3.8) is 0 Å². The smallest absolute Gasteiger partial charge is 0.304 e. The number of aliphatic carboxylic acids is 2. The van der Waals surface area contributed by atoms with E-state index in [4.69, 9.17) is 10.2 Å². The molecule has 0 spiro atoms. The first-order valence-corrected chi connectivity index (χ1v) is 7.82. The molecule has 0 heterocycles. The van der Waals surface area contributed by atoms with Crippen LogP contribution in [0.1, 0.15) is 24.1 Å². The third-order valence-corrected chi connectivity index (χ3v) is 5.20. The lowest BCUT2D eigenvalue weighted by atomic mass is 10.1. The van der Waals surface area contributed by atoms with E-state index in [1.165, 1.54) is 6.07 Å². The molecule has 1 rings (SSSR count). The highest BCUT2D eigenvalue weighted by Gasteiger charge is 2.34. The van der Waals surface area contributed by atoms with Crippen molar-refractivity contribution in [2.75, 3.05) is 6.16 Å². The molecule has 2 unspecified atom stereocenters. The molecule has 0 saturated heterocycles. The number of aromatic hydroxyl groups is 2. The summed E-state index contributed by atoms with van der Waals surface area (Å²) in [5.41, 5.74) is -1.32. The minimum absolute atomic E-state index is 0.0453. The molecule has 0 radical (unpaired) electrons. The monoisotopic (exact) mass is 318 g/mol. The molecule has 0 aliphatic rings. The van der Waals surface area contributed by atoms with E-state index in [1.54, 1.807) is 0 Å². The molecule has 1 aromatic carbocycles. The molecule has 5 N–H and O–H groups in total. The highest BCUT2D eigenvalue weighted by atomic mass is 31.2. The number of phenolic OH excluding ortho intramolecular Hbond substituents is 2. The van der Waals surface area contributed by atoms with Crippen molar-refractivity contribution in [1.82, 2.24) is 0 Å². The molecule has 0 saturated carbocycles. The molecule has 21 heavy (non-hydrogen) atoms. The summed E-state index contributed by atoms with van der Waals surface area (Å²) in [4.78, 5) is 31.3.